The molecule has 1 aromatic heterocycles. The smallest absolute Gasteiger partial charge is 0.316 e. The predicted molar refractivity (Wildman–Crippen MR) is 90.2 cm³/mol. The molecule has 6 nitrogen and oxygen atoms in total. The molecule has 0 aliphatic carbocycles. The van der Waals surface area contributed by atoms with Crippen molar-refractivity contribution in [3.63, 3.8) is 0 Å². The molecular weight excluding hydrogens is 364 g/mol. The summed E-state index contributed by atoms with van der Waals surface area (Å²) < 4.78 is 59.0. The molecule has 9 heteroatoms. The number of rotatable bonds is 5. The molecule has 0 spiro atoms. The Morgan fingerprint density at radius 3 is 2.46 bits per heavy atom. The van der Waals surface area contributed by atoms with Crippen LogP contribution in [0.3, 0.4) is 0 Å². The molecule has 26 heavy (non-hydrogen) atoms. The molecule has 1 saturated heterocycles. The molecule has 0 saturated carbocycles. The van der Waals surface area contributed by atoms with Crippen molar-refractivity contribution in [3.05, 3.63) is 47.8 Å². The monoisotopic (exact) mass is 383 g/mol. The van der Waals surface area contributed by atoms with Crippen molar-refractivity contribution in [2.75, 3.05) is 13.1 Å². The van der Waals surface area contributed by atoms with Gasteiger partial charge in [0.2, 0.25) is 10.0 Å². The number of sulfonamides is 1. The van der Waals surface area contributed by atoms with E-state index in [1.807, 2.05) is 6.92 Å². The van der Waals surface area contributed by atoms with Gasteiger partial charge < -0.3 is 4.74 Å². The van der Waals surface area contributed by atoms with E-state index in [4.69, 9.17) is 4.74 Å². The number of hydrogen-bond acceptors (Lipinski definition) is 5. The van der Waals surface area contributed by atoms with Crippen LogP contribution in [0.1, 0.15) is 25.3 Å². The fraction of sp³-hybridized carbons (Fsp3) is 0.412. The Balaban J connectivity index is 1.74. The Kier molecular flexibility index (Phi) is 5.47. The Labute approximate surface area is 150 Å². The highest BCUT2D eigenvalue weighted by Crippen LogP contribution is 2.24. The topological polar surface area (TPSA) is 72.4 Å². The summed E-state index contributed by atoms with van der Waals surface area (Å²) >= 11 is 0. The van der Waals surface area contributed by atoms with Crippen LogP contribution in [0.4, 0.5) is 8.78 Å². The number of halogens is 2. The van der Waals surface area contributed by atoms with E-state index < -0.39 is 32.7 Å². The van der Waals surface area contributed by atoms with Crippen molar-refractivity contribution in [1.29, 1.82) is 0 Å². The summed E-state index contributed by atoms with van der Waals surface area (Å²) in [5, 5.41) is 0. The van der Waals surface area contributed by atoms with Gasteiger partial charge in [0.1, 0.15) is 17.7 Å². The van der Waals surface area contributed by atoms with E-state index in [2.05, 4.69) is 9.97 Å². The van der Waals surface area contributed by atoms with E-state index >= 15 is 0 Å². The fourth-order valence-corrected chi connectivity index (χ4v) is 4.33. The summed E-state index contributed by atoms with van der Waals surface area (Å²) in [5.41, 5.74) is 0.971. The zero-order valence-corrected chi connectivity index (χ0v) is 15.0. The first-order valence-electron chi connectivity index (χ1n) is 8.32. The molecule has 0 bridgehead atoms. The average molecular weight is 383 g/mol. The van der Waals surface area contributed by atoms with E-state index in [1.54, 1.807) is 12.4 Å². The summed E-state index contributed by atoms with van der Waals surface area (Å²) in [7, 11) is -4.01. The second-order valence-corrected chi connectivity index (χ2v) is 8.02. The number of ether oxygens (including phenoxy) is 1. The van der Waals surface area contributed by atoms with E-state index in [9.17, 15) is 17.2 Å². The van der Waals surface area contributed by atoms with Gasteiger partial charge in [-0.05, 0) is 37.0 Å². The van der Waals surface area contributed by atoms with Crippen LogP contribution in [0.25, 0.3) is 0 Å². The highest BCUT2D eigenvalue weighted by molar-refractivity contribution is 7.89. The zero-order chi connectivity index (χ0) is 18.7. The summed E-state index contributed by atoms with van der Waals surface area (Å²) in [4.78, 5) is 7.82. The molecule has 1 unspecified atom stereocenters. The molecule has 1 aliphatic rings. The van der Waals surface area contributed by atoms with Crippen LogP contribution in [0.2, 0.25) is 0 Å². The maximum Gasteiger partial charge on any atom is 0.316 e. The molecular formula is C17H19F2N3O3S. The van der Waals surface area contributed by atoms with Crippen LogP contribution in [0, 0.1) is 11.6 Å². The molecule has 1 aliphatic heterocycles. The number of benzene rings is 1. The van der Waals surface area contributed by atoms with Crippen LogP contribution >= 0.6 is 0 Å². The Hall–Kier alpha value is -2.13. The molecule has 0 amide bonds. The van der Waals surface area contributed by atoms with E-state index in [-0.39, 0.29) is 19.1 Å². The lowest BCUT2D eigenvalue weighted by atomic mass is 10.1. The second kappa shape index (κ2) is 7.63. The maximum atomic E-state index is 13.4. The van der Waals surface area contributed by atoms with Crippen LogP contribution in [-0.2, 0) is 16.4 Å². The predicted octanol–water partition coefficient (Wildman–Crippen LogP) is 2.55. The highest BCUT2D eigenvalue weighted by Gasteiger charge is 2.32. The van der Waals surface area contributed by atoms with Crippen molar-refractivity contribution in [2.45, 2.75) is 37.2 Å². The normalized spacial score (nSPS) is 18.7. The third kappa shape index (κ3) is 4.16. The van der Waals surface area contributed by atoms with Crippen LogP contribution in [0.15, 0.2) is 35.5 Å². The first kappa shape index (κ1) is 18.7. The molecule has 1 aromatic carbocycles. The largest absolute Gasteiger partial charge is 0.459 e. The Bertz CT molecular complexity index is 855. The quantitative estimate of drug-likeness (QED) is 0.793. The lowest BCUT2D eigenvalue weighted by Gasteiger charge is -2.31. The SMILES string of the molecule is CCc1cnc(OC2CCCN(S(=O)(=O)c3cc(F)cc(F)c3)C2)nc1. The van der Waals surface area contributed by atoms with Gasteiger partial charge in [0, 0.05) is 25.0 Å². The van der Waals surface area contributed by atoms with Gasteiger partial charge in [-0.3, -0.25) is 0 Å². The van der Waals surface area contributed by atoms with Gasteiger partial charge in [-0.1, -0.05) is 6.92 Å². The fourth-order valence-electron chi connectivity index (χ4n) is 2.78. The van der Waals surface area contributed by atoms with Crippen molar-refractivity contribution in [3.8, 4) is 6.01 Å². The number of hydrogen-bond donors (Lipinski definition) is 0. The minimum absolute atomic E-state index is 0.0688. The van der Waals surface area contributed by atoms with Crippen molar-refractivity contribution in [2.24, 2.45) is 0 Å². The van der Waals surface area contributed by atoms with Gasteiger partial charge >= 0.3 is 6.01 Å². The summed E-state index contributed by atoms with van der Waals surface area (Å²) in [6.45, 7) is 2.31. The van der Waals surface area contributed by atoms with E-state index in [0.717, 1.165) is 24.1 Å². The average Bonchev–Trinajstić information content (AvgIpc) is 2.62. The molecule has 0 N–H and O–H groups in total. The van der Waals surface area contributed by atoms with Gasteiger partial charge in [-0.25, -0.2) is 27.2 Å². The minimum Gasteiger partial charge on any atom is -0.459 e. The molecule has 1 atom stereocenters. The molecule has 2 heterocycles. The second-order valence-electron chi connectivity index (χ2n) is 6.08. The number of aryl methyl sites for hydroxylation is 1. The number of aromatic nitrogens is 2. The third-order valence-corrected chi connectivity index (χ3v) is 6.02. The van der Waals surface area contributed by atoms with Gasteiger partial charge in [0.05, 0.1) is 11.4 Å². The lowest BCUT2D eigenvalue weighted by molar-refractivity contribution is 0.119. The summed E-state index contributed by atoms with van der Waals surface area (Å²) in [6.07, 6.45) is 4.91. The van der Waals surface area contributed by atoms with E-state index in [0.29, 0.717) is 18.9 Å². The first-order valence-corrected chi connectivity index (χ1v) is 9.76. The van der Waals surface area contributed by atoms with Gasteiger partial charge in [-0.2, -0.15) is 4.31 Å². The summed E-state index contributed by atoms with van der Waals surface area (Å²) in [6, 6.07) is 2.45. The van der Waals surface area contributed by atoms with Crippen molar-refractivity contribution in [1.82, 2.24) is 14.3 Å². The Morgan fingerprint density at radius 2 is 1.85 bits per heavy atom. The summed E-state index contributed by atoms with van der Waals surface area (Å²) in [5.74, 6) is -1.87. The standard InChI is InChI=1S/C17H19F2N3O3S/c1-2-12-9-20-17(21-10-12)25-15-4-3-5-22(11-15)26(23,24)16-7-13(18)6-14(19)8-16/h6-10,15H,2-5,11H2,1H3. The highest BCUT2D eigenvalue weighted by atomic mass is 32.2. The van der Waals surface area contributed by atoms with Crippen LogP contribution in [-0.4, -0.2) is 41.9 Å². The lowest BCUT2D eigenvalue weighted by Crippen LogP contribution is -2.44. The molecule has 140 valence electrons. The van der Waals surface area contributed by atoms with Crippen molar-refractivity contribution < 1.29 is 21.9 Å². The van der Waals surface area contributed by atoms with Gasteiger partial charge in [0.15, 0.2) is 0 Å². The van der Waals surface area contributed by atoms with Gasteiger partial charge in [-0.15, -0.1) is 0 Å². The van der Waals surface area contributed by atoms with Crippen LogP contribution in [0.5, 0.6) is 6.01 Å². The molecule has 2 aromatic rings. The number of piperidine rings is 1. The minimum atomic E-state index is -4.01. The molecule has 3 rings (SSSR count). The third-order valence-electron chi connectivity index (χ3n) is 4.18. The maximum absolute atomic E-state index is 13.4. The Morgan fingerprint density at radius 1 is 1.19 bits per heavy atom. The molecule has 1 fully saturated rings. The van der Waals surface area contributed by atoms with Gasteiger partial charge in [0.25, 0.3) is 0 Å². The first-order chi connectivity index (χ1) is 12.4. The zero-order valence-electron chi connectivity index (χ0n) is 14.2. The van der Waals surface area contributed by atoms with Crippen molar-refractivity contribution >= 4 is 10.0 Å². The van der Waals surface area contributed by atoms with E-state index in [1.165, 1.54) is 4.31 Å². The van der Waals surface area contributed by atoms with Crippen LogP contribution < -0.4 is 4.74 Å². The number of nitrogens with zero attached hydrogens (tertiary/aromatic N) is 3. The molecule has 0 radical (unpaired) electrons.